The summed E-state index contributed by atoms with van der Waals surface area (Å²) in [7, 11) is 0. The molecule has 1 aromatic carbocycles. The fourth-order valence-corrected chi connectivity index (χ4v) is 3.44. The average molecular weight is 389 g/mol. The van der Waals surface area contributed by atoms with Crippen molar-refractivity contribution in [3.05, 3.63) is 47.2 Å². The number of halogens is 1. The van der Waals surface area contributed by atoms with Crippen LogP contribution in [0.25, 0.3) is 0 Å². The normalized spacial score (nSPS) is 17.1. The minimum absolute atomic E-state index is 0.0749. The Hall–Kier alpha value is -2.35. The summed E-state index contributed by atoms with van der Waals surface area (Å²) in [5.41, 5.74) is 1.75. The fraction of sp³-hybridized carbons (Fsp3) is 0.368. The molecule has 0 aliphatic carbocycles. The summed E-state index contributed by atoms with van der Waals surface area (Å²) in [4.78, 5) is 20.7. The van der Waals surface area contributed by atoms with Crippen LogP contribution in [0, 0.1) is 0 Å². The summed E-state index contributed by atoms with van der Waals surface area (Å²) in [5, 5.41) is 3.12. The molecule has 0 radical (unpaired) electrons. The number of anilines is 1. The van der Waals surface area contributed by atoms with Crippen LogP contribution >= 0.6 is 11.6 Å². The number of hydrogen-bond donors (Lipinski definition) is 1. The van der Waals surface area contributed by atoms with E-state index in [1.165, 1.54) is 5.56 Å². The number of carbonyl (C=O) groups excluding carboxylic acids is 1. The van der Waals surface area contributed by atoms with Gasteiger partial charge >= 0.3 is 0 Å². The van der Waals surface area contributed by atoms with Crippen molar-refractivity contribution in [3.63, 3.8) is 0 Å². The van der Waals surface area contributed by atoms with Gasteiger partial charge in [-0.2, -0.15) is 0 Å². The predicted octanol–water partition coefficient (Wildman–Crippen LogP) is 2.22. The quantitative estimate of drug-likeness (QED) is 0.792. The number of aromatic nitrogens is 1. The number of piperazine rings is 1. The zero-order chi connectivity index (χ0) is 18.6. The van der Waals surface area contributed by atoms with Gasteiger partial charge in [-0.25, -0.2) is 4.98 Å². The average Bonchev–Trinajstić information content (AvgIpc) is 3.13. The van der Waals surface area contributed by atoms with Crippen LogP contribution in [0.4, 0.5) is 5.69 Å². The Morgan fingerprint density at radius 2 is 1.89 bits per heavy atom. The molecule has 3 heterocycles. The standard InChI is InChI=1S/C19H21ClN4O3/c20-19-15(2-1-5-21-19)22-18(25)12-24-8-6-23(7-9-24)11-14-3-4-16-17(10-14)27-13-26-16/h1-5,10H,6-9,11-13H2,(H,22,25). The lowest BCUT2D eigenvalue weighted by atomic mass is 10.1. The largest absolute Gasteiger partial charge is 0.454 e. The van der Waals surface area contributed by atoms with Crippen molar-refractivity contribution < 1.29 is 14.3 Å². The van der Waals surface area contributed by atoms with Crippen LogP contribution in [0.2, 0.25) is 5.15 Å². The lowest BCUT2D eigenvalue weighted by molar-refractivity contribution is -0.117. The maximum atomic E-state index is 12.2. The van der Waals surface area contributed by atoms with Gasteiger partial charge in [0.25, 0.3) is 0 Å². The van der Waals surface area contributed by atoms with Crippen molar-refractivity contribution in [1.29, 1.82) is 0 Å². The molecule has 2 aromatic rings. The van der Waals surface area contributed by atoms with Gasteiger partial charge in [0.05, 0.1) is 12.2 Å². The van der Waals surface area contributed by atoms with E-state index >= 15 is 0 Å². The molecule has 8 heteroatoms. The Morgan fingerprint density at radius 3 is 2.70 bits per heavy atom. The number of ether oxygens (including phenoxy) is 2. The number of amides is 1. The molecule has 142 valence electrons. The van der Waals surface area contributed by atoms with Crippen LogP contribution < -0.4 is 14.8 Å². The summed E-state index contributed by atoms with van der Waals surface area (Å²) in [6.45, 7) is 5.02. The molecule has 1 fully saturated rings. The molecule has 1 amide bonds. The summed E-state index contributed by atoms with van der Waals surface area (Å²) in [6, 6.07) is 9.57. The smallest absolute Gasteiger partial charge is 0.238 e. The summed E-state index contributed by atoms with van der Waals surface area (Å²) in [6.07, 6.45) is 1.59. The van der Waals surface area contributed by atoms with Crippen molar-refractivity contribution in [3.8, 4) is 11.5 Å². The molecular weight excluding hydrogens is 368 g/mol. The number of carbonyl (C=O) groups is 1. The third kappa shape index (κ3) is 4.50. The van der Waals surface area contributed by atoms with E-state index in [-0.39, 0.29) is 5.91 Å². The SMILES string of the molecule is O=C(CN1CCN(Cc2ccc3c(c2)OCO3)CC1)Nc1cccnc1Cl. The van der Waals surface area contributed by atoms with E-state index in [1.807, 2.05) is 12.1 Å². The first-order valence-corrected chi connectivity index (χ1v) is 9.29. The number of nitrogens with one attached hydrogen (secondary N) is 1. The molecule has 0 bridgehead atoms. The van der Waals surface area contributed by atoms with Crippen LogP contribution in [0.5, 0.6) is 11.5 Å². The Labute approximate surface area is 162 Å². The second kappa shape index (κ2) is 8.12. The van der Waals surface area contributed by atoms with Crippen molar-refractivity contribution in [2.45, 2.75) is 6.54 Å². The van der Waals surface area contributed by atoms with Crippen molar-refractivity contribution in [2.24, 2.45) is 0 Å². The minimum atomic E-state index is -0.0749. The molecule has 0 unspecified atom stereocenters. The lowest BCUT2D eigenvalue weighted by Crippen LogP contribution is -2.48. The van der Waals surface area contributed by atoms with Crippen LogP contribution in [0.15, 0.2) is 36.5 Å². The molecule has 1 N–H and O–H groups in total. The molecule has 2 aliphatic rings. The maximum Gasteiger partial charge on any atom is 0.238 e. The first kappa shape index (κ1) is 18.0. The molecule has 7 nitrogen and oxygen atoms in total. The van der Waals surface area contributed by atoms with Crippen molar-refractivity contribution in [1.82, 2.24) is 14.8 Å². The second-order valence-corrected chi connectivity index (χ2v) is 6.99. The third-order valence-electron chi connectivity index (χ3n) is 4.71. The van der Waals surface area contributed by atoms with Gasteiger partial charge < -0.3 is 14.8 Å². The highest BCUT2D eigenvalue weighted by atomic mass is 35.5. The van der Waals surface area contributed by atoms with Gasteiger partial charge in [0, 0.05) is 38.9 Å². The van der Waals surface area contributed by atoms with E-state index in [2.05, 4.69) is 26.2 Å². The van der Waals surface area contributed by atoms with Gasteiger partial charge in [0.15, 0.2) is 16.7 Å². The Kier molecular flexibility index (Phi) is 5.42. The molecule has 0 spiro atoms. The molecule has 0 atom stereocenters. The van der Waals surface area contributed by atoms with Crippen LogP contribution in [0.1, 0.15) is 5.56 Å². The number of rotatable bonds is 5. The predicted molar refractivity (Wildman–Crippen MR) is 102 cm³/mol. The topological polar surface area (TPSA) is 66.9 Å². The number of fused-ring (bicyclic) bond motifs is 1. The Bertz CT molecular complexity index is 824. The van der Waals surface area contributed by atoms with Gasteiger partial charge in [0.2, 0.25) is 12.7 Å². The highest BCUT2D eigenvalue weighted by molar-refractivity contribution is 6.32. The molecule has 1 aromatic heterocycles. The maximum absolute atomic E-state index is 12.2. The van der Waals surface area contributed by atoms with E-state index in [0.29, 0.717) is 24.2 Å². The van der Waals surface area contributed by atoms with Gasteiger partial charge in [-0.05, 0) is 29.8 Å². The van der Waals surface area contributed by atoms with Gasteiger partial charge in [0.1, 0.15) is 0 Å². The van der Waals surface area contributed by atoms with Gasteiger partial charge in [-0.1, -0.05) is 17.7 Å². The summed E-state index contributed by atoms with van der Waals surface area (Å²) in [5.74, 6) is 1.55. The van der Waals surface area contributed by atoms with E-state index in [1.54, 1.807) is 18.3 Å². The van der Waals surface area contributed by atoms with E-state index in [4.69, 9.17) is 21.1 Å². The first-order chi connectivity index (χ1) is 13.2. The fourth-order valence-electron chi connectivity index (χ4n) is 3.28. The monoisotopic (exact) mass is 388 g/mol. The van der Waals surface area contributed by atoms with Crippen LogP contribution in [0.3, 0.4) is 0 Å². The lowest BCUT2D eigenvalue weighted by Gasteiger charge is -2.34. The van der Waals surface area contributed by atoms with E-state index in [0.717, 1.165) is 44.2 Å². The molecule has 2 aliphatic heterocycles. The third-order valence-corrected chi connectivity index (χ3v) is 5.01. The summed E-state index contributed by atoms with van der Waals surface area (Å²) < 4.78 is 10.8. The Morgan fingerprint density at radius 1 is 1.11 bits per heavy atom. The highest BCUT2D eigenvalue weighted by Gasteiger charge is 2.20. The Balaban J connectivity index is 1.24. The van der Waals surface area contributed by atoms with E-state index in [9.17, 15) is 4.79 Å². The number of pyridine rings is 1. The van der Waals surface area contributed by atoms with E-state index < -0.39 is 0 Å². The molecule has 4 rings (SSSR count). The highest BCUT2D eigenvalue weighted by Crippen LogP contribution is 2.32. The second-order valence-electron chi connectivity index (χ2n) is 6.63. The van der Waals surface area contributed by atoms with Crippen molar-refractivity contribution in [2.75, 3.05) is 44.8 Å². The van der Waals surface area contributed by atoms with Crippen LogP contribution in [-0.4, -0.2) is 60.2 Å². The number of nitrogens with zero attached hydrogens (tertiary/aromatic N) is 3. The van der Waals surface area contributed by atoms with Crippen molar-refractivity contribution >= 4 is 23.2 Å². The zero-order valence-electron chi connectivity index (χ0n) is 14.9. The van der Waals surface area contributed by atoms with Gasteiger partial charge in [-0.15, -0.1) is 0 Å². The van der Waals surface area contributed by atoms with Crippen LogP contribution in [-0.2, 0) is 11.3 Å². The number of benzene rings is 1. The molecule has 0 saturated carbocycles. The number of hydrogen-bond acceptors (Lipinski definition) is 6. The van der Waals surface area contributed by atoms with Gasteiger partial charge in [-0.3, -0.25) is 14.6 Å². The molecular formula is C19H21ClN4O3. The molecule has 1 saturated heterocycles. The molecule has 27 heavy (non-hydrogen) atoms. The zero-order valence-corrected chi connectivity index (χ0v) is 15.6. The first-order valence-electron chi connectivity index (χ1n) is 8.91. The minimum Gasteiger partial charge on any atom is -0.454 e. The summed E-state index contributed by atoms with van der Waals surface area (Å²) >= 11 is 5.98.